The molecule has 2 aromatic rings. The maximum atomic E-state index is 12.5. The van der Waals surface area contributed by atoms with Gasteiger partial charge in [0.25, 0.3) is 12.4 Å². The number of benzene rings is 1. The molecule has 0 unspecified atom stereocenters. The van der Waals surface area contributed by atoms with Crippen LogP contribution in [0.2, 0.25) is 5.02 Å². The van der Waals surface area contributed by atoms with Crippen molar-refractivity contribution in [1.29, 1.82) is 0 Å². The Balaban J connectivity index is 0.000000572. The summed E-state index contributed by atoms with van der Waals surface area (Å²) in [7, 11) is 2.06. The van der Waals surface area contributed by atoms with Crippen molar-refractivity contribution in [2.24, 2.45) is 0 Å². The van der Waals surface area contributed by atoms with Gasteiger partial charge in [0.15, 0.2) is 0 Å². The average Bonchev–Trinajstić information content (AvgIpc) is 2.75. The van der Waals surface area contributed by atoms with E-state index in [9.17, 15) is 22.8 Å². The number of aromatic nitrogens is 1. The first kappa shape index (κ1) is 29.7. The molecule has 0 bridgehead atoms. The fraction of sp³-hybridized carbons (Fsp3) is 0.435. The number of carbonyl (C=O) groups excluding carboxylic acids is 2. The van der Waals surface area contributed by atoms with E-state index < -0.39 is 18.0 Å². The van der Waals surface area contributed by atoms with Crippen LogP contribution < -0.4 is 15.0 Å². The Bertz CT molecular complexity index is 1040. The van der Waals surface area contributed by atoms with Crippen molar-refractivity contribution in [2.75, 3.05) is 43.4 Å². The fourth-order valence-corrected chi connectivity index (χ4v) is 3.74. The molecule has 1 aromatic carbocycles. The van der Waals surface area contributed by atoms with Crippen molar-refractivity contribution in [2.45, 2.75) is 32.7 Å². The molecule has 0 atom stereocenters. The predicted molar refractivity (Wildman–Crippen MR) is 135 cm³/mol. The first-order chi connectivity index (χ1) is 16.7. The van der Waals surface area contributed by atoms with Gasteiger partial charge in [-0.05, 0) is 68.0 Å². The number of pyridine rings is 1. The Morgan fingerprint density at radius 3 is 2.28 bits per heavy atom. The first-order valence-electron chi connectivity index (χ1n) is 10.8. The maximum Gasteiger partial charge on any atom is 0.573 e. The standard InChI is InChI=1S/C18H17BrClF3N4O2.C5H10O2/c1-26-4-6-27(7-5-26)16-3-2-11(10-24-16)25-17(28)12-8-15(29-18(21,22)23)13(19)9-14(12)20;1-5(2,3)7-4-6/h2-3,8-10H,4-7H2,1H3,(H,25,28);4H,1-3H3. The smallest absolute Gasteiger partial charge is 0.462 e. The van der Waals surface area contributed by atoms with Crippen LogP contribution in [0.15, 0.2) is 34.9 Å². The molecule has 0 aliphatic carbocycles. The van der Waals surface area contributed by atoms with E-state index in [1.807, 2.05) is 20.8 Å². The third kappa shape index (κ3) is 9.82. The second kappa shape index (κ2) is 12.6. The van der Waals surface area contributed by atoms with E-state index >= 15 is 0 Å². The molecule has 8 nitrogen and oxygen atoms in total. The molecule has 1 aromatic heterocycles. The van der Waals surface area contributed by atoms with E-state index in [2.05, 4.69) is 52.6 Å². The summed E-state index contributed by atoms with van der Waals surface area (Å²) >= 11 is 8.96. The van der Waals surface area contributed by atoms with Crippen molar-refractivity contribution in [1.82, 2.24) is 9.88 Å². The molecular weight excluding hydrogens is 569 g/mol. The minimum Gasteiger partial charge on any atom is -0.462 e. The van der Waals surface area contributed by atoms with Crippen molar-refractivity contribution >= 4 is 51.4 Å². The van der Waals surface area contributed by atoms with Gasteiger partial charge in [-0.25, -0.2) is 4.98 Å². The number of carbonyl (C=O) groups is 2. The normalized spacial score (nSPS) is 14.4. The highest BCUT2D eigenvalue weighted by Gasteiger charge is 2.32. The van der Waals surface area contributed by atoms with Crippen LogP contribution in [-0.4, -0.2) is 67.5 Å². The number of amides is 1. The van der Waals surface area contributed by atoms with Crippen LogP contribution in [0.5, 0.6) is 5.75 Å². The molecule has 0 saturated carbocycles. The molecule has 1 aliphatic heterocycles. The minimum absolute atomic E-state index is 0.0189. The highest BCUT2D eigenvalue weighted by atomic mass is 79.9. The Morgan fingerprint density at radius 1 is 1.17 bits per heavy atom. The summed E-state index contributed by atoms with van der Waals surface area (Å²) < 4.78 is 46.0. The lowest BCUT2D eigenvalue weighted by Gasteiger charge is -2.33. The molecule has 1 aliphatic rings. The van der Waals surface area contributed by atoms with E-state index in [-0.39, 0.29) is 20.7 Å². The summed E-state index contributed by atoms with van der Waals surface area (Å²) in [6, 6.07) is 5.56. The van der Waals surface area contributed by atoms with Crippen LogP contribution in [0, 0.1) is 0 Å². The zero-order chi connectivity index (χ0) is 27.1. The molecule has 1 saturated heterocycles. The number of nitrogens with zero attached hydrogens (tertiary/aromatic N) is 3. The highest BCUT2D eigenvalue weighted by molar-refractivity contribution is 9.10. The van der Waals surface area contributed by atoms with Crippen LogP contribution in [0.4, 0.5) is 24.7 Å². The molecule has 198 valence electrons. The molecular formula is C23H27BrClF3N4O4. The zero-order valence-electron chi connectivity index (χ0n) is 20.2. The van der Waals surface area contributed by atoms with Crippen molar-refractivity contribution in [3.05, 3.63) is 45.5 Å². The first-order valence-corrected chi connectivity index (χ1v) is 11.9. The van der Waals surface area contributed by atoms with Crippen LogP contribution in [0.1, 0.15) is 31.1 Å². The summed E-state index contributed by atoms with van der Waals surface area (Å²) in [6.45, 7) is 9.50. The quantitative estimate of drug-likeness (QED) is 0.466. The van der Waals surface area contributed by atoms with E-state index in [0.717, 1.165) is 38.1 Å². The van der Waals surface area contributed by atoms with Crippen molar-refractivity contribution in [3.63, 3.8) is 0 Å². The van der Waals surface area contributed by atoms with Gasteiger partial charge in [0.1, 0.15) is 17.2 Å². The zero-order valence-corrected chi connectivity index (χ0v) is 22.5. The third-order valence-corrected chi connectivity index (χ3v) is 5.66. The number of hydrogen-bond donors (Lipinski definition) is 1. The number of nitrogens with one attached hydrogen (secondary N) is 1. The number of piperazine rings is 1. The van der Waals surface area contributed by atoms with Gasteiger partial charge in [-0.2, -0.15) is 0 Å². The summed E-state index contributed by atoms with van der Waals surface area (Å²) in [6.07, 6.45) is -3.40. The molecule has 3 rings (SSSR count). The molecule has 1 amide bonds. The van der Waals surface area contributed by atoms with Crippen LogP contribution in [-0.2, 0) is 9.53 Å². The van der Waals surface area contributed by atoms with Gasteiger partial charge in [0.05, 0.1) is 26.9 Å². The maximum absolute atomic E-state index is 12.5. The highest BCUT2D eigenvalue weighted by Crippen LogP contribution is 2.35. The Morgan fingerprint density at radius 2 is 1.81 bits per heavy atom. The molecule has 0 spiro atoms. The molecule has 1 fully saturated rings. The van der Waals surface area contributed by atoms with E-state index in [1.165, 1.54) is 12.3 Å². The molecule has 13 heteroatoms. The third-order valence-electron chi connectivity index (χ3n) is 4.73. The summed E-state index contributed by atoms with van der Waals surface area (Å²) in [5.41, 5.74) is -0.0794. The van der Waals surface area contributed by atoms with E-state index in [4.69, 9.17) is 11.6 Å². The van der Waals surface area contributed by atoms with Crippen LogP contribution in [0.25, 0.3) is 0 Å². The SMILES string of the molecule is CC(C)(C)OC=O.CN1CCN(c2ccc(NC(=O)c3cc(OC(F)(F)F)c(Br)cc3Cl)cn2)CC1. The summed E-state index contributed by atoms with van der Waals surface area (Å²) in [4.78, 5) is 30.8. The van der Waals surface area contributed by atoms with E-state index in [0.29, 0.717) is 12.2 Å². The number of alkyl halides is 3. The Kier molecular flexibility index (Phi) is 10.4. The summed E-state index contributed by atoms with van der Waals surface area (Å²) in [5, 5.41) is 2.56. The lowest BCUT2D eigenvalue weighted by molar-refractivity contribution is -0.274. The van der Waals surface area contributed by atoms with Gasteiger partial charge in [0, 0.05) is 26.2 Å². The minimum atomic E-state index is -4.90. The number of ether oxygens (including phenoxy) is 2. The second-order valence-electron chi connectivity index (χ2n) is 8.79. The Labute approximate surface area is 220 Å². The molecule has 1 N–H and O–H groups in total. The van der Waals surface area contributed by atoms with Crippen LogP contribution >= 0.6 is 27.5 Å². The lowest BCUT2D eigenvalue weighted by atomic mass is 10.2. The predicted octanol–water partition coefficient (Wildman–Crippen LogP) is 5.36. The van der Waals surface area contributed by atoms with E-state index in [1.54, 1.807) is 12.1 Å². The van der Waals surface area contributed by atoms with Gasteiger partial charge in [0.2, 0.25) is 0 Å². The fourth-order valence-electron chi connectivity index (χ4n) is 2.93. The van der Waals surface area contributed by atoms with Crippen LogP contribution in [0.3, 0.4) is 0 Å². The van der Waals surface area contributed by atoms with Gasteiger partial charge in [-0.3, -0.25) is 9.59 Å². The topological polar surface area (TPSA) is 84.0 Å². The number of hydrogen-bond acceptors (Lipinski definition) is 7. The molecule has 0 radical (unpaired) electrons. The van der Waals surface area contributed by atoms with Crippen molar-refractivity contribution in [3.8, 4) is 5.75 Å². The molecule has 36 heavy (non-hydrogen) atoms. The average molecular weight is 596 g/mol. The number of halogens is 5. The molecule has 2 heterocycles. The van der Waals surface area contributed by atoms with Gasteiger partial charge in [-0.1, -0.05) is 11.6 Å². The largest absolute Gasteiger partial charge is 0.573 e. The number of likely N-dealkylation sites (N-methyl/N-ethyl adjacent to an activating group) is 1. The lowest BCUT2D eigenvalue weighted by Crippen LogP contribution is -2.44. The Hall–Kier alpha value is -2.57. The van der Waals surface area contributed by atoms with Gasteiger partial charge >= 0.3 is 6.36 Å². The monoisotopic (exact) mass is 594 g/mol. The number of anilines is 2. The van der Waals surface area contributed by atoms with Crippen molar-refractivity contribution < 1.29 is 32.2 Å². The number of rotatable bonds is 5. The summed E-state index contributed by atoms with van der Waals surface area (Å²) in [5.74, 6) is -0.446. The second-order valence-corrected chi connectivity index (χ2v) is 10.0. The van der Waals surface area contributed by atoms with Gasteiger partial charge < -0.3 is 24.6 Å². The van der Waals surface area contributed by atoms with Gasteiger partial charge in [-0.15, -0.1) is 13.2 Å².